The van der Waals surface area contributed by atoms with Crippen LogP contribution in [0.25, 0.3) is 16.9 Å². The molecule has 204 valence electrons. The average molecular weight is 566 g/mol. The second kappa shape index (κ2) is 10.3. The Morgan fingerprint density at radius 1 is 1.24 bits per heavy atom. The number of halogens is 8. The summed E-state index contributed by atoms with van der Waals surface area (Å²) in [7, 11) is 1.14. The first-order valence-electron chi connectivity index (χ1n) is 11.1. The fraction of sp³-hybridized carbons (Fsp3) is 0.348. The van der Waals surface area contributed by atoms with Gasteiger partial charge in [-0.05, 0) is 30.5 Å². The van der Waals surface area contributed by atoms with Crippen LogP contribution < -0.4 is 10.1 Å². The van der Waals surface area contributed by atoms with Crippen LogP contribution in [0.2, 0.25) is 5.02 Å². The largest absolute Gasteiger partial charge is 0.441 e. The second-order valence-electron chi connectivity index (χ2n) is 8.45. The summed E-state index contributed by atoms with van der Waals surface area (Å²) in [5, 5.41) is 10.5. The van der Waals surface area contributed by atoms with E-state index in [4.69, 9.17) is 11.6 Å². The standard InChI is InChI=1S/C23H19ClF7N5O2/c1-35-21(18(23(29,30)31)20(34-35)38-17(25)3-2-8-22(26,27)28)36-11-13(10-32-36)12-4-7-16(24)15(9-12)19(37)33-14-5-6-14/h2,4,7-11,14,17H,3,5-6H2,1H3,(H,33,37)/b8-2-. The summed E-state index contributed by atoms with van der Waals surface area (Å²) in [6, 6.07) is 4.59. The number of nitrogens with one attached hydrogen (secondary N) is 1. The number of amides is 1. The number of rotatable bonds is 8. The number of carbonyl (C=O) groups is 1. The number of hydrogen-bond donors (Lipinski definition) is 1. The van der Waals surface area contributed by atoms with Gasteiger partial charge >= 0.3 is 12.4 Å². The van der Waals surface area contributed by atoms with Gasteiger partial charge in [0.15, 0.2) is 11.4 Å². The molecule has 1 aromatic carbocycles. The molecule has 2 heterocycles. The Balaban J connectivity index is 1.63. The van der Waals surface area contributed by atoms with Gasteiger partial charge in [-0.15, -0.1) is 5.10 Å². The molecule has 1 aliphatic carbocycles. The number of ether oxygens (including phenoxy) is 1. The SMILES string of the molecule is Cn1nc(OC(F)C/C=C\C(F)(F)F)c(C(F)(F)F)c1-n1cc(-c2ccc(Cl)c(C(=O)NC3CC3)c2)cn1. The predicted octanol–water partition coefficient (Wildman–Crippen LogP) is 6.02. The van der Waals surface area contributed by atoms with Gasteiger partial charge in [0.2, 0.25) is 12.2 Å². The molecule has 1 unspecified atom stereocenters. The molecule has 1 atom stereocenters. The summed E-state index contributed by atoms with van der Waals surface area (Å²) >= 11 is 6.15. The van der Waals surface area contributed by atoms with Crippen molar-refractivity contribution in [2.45, 2.75) is 44.0 Å². The van der Waals surface area contributed by atoms with E-state index in [-0.39, 0.29) is 28.6 Å². The van der Waals surface area contributed by atoms with E-state index < -0.39 is 42.4 Å². The van der Waals surface area contributed by atoms with E-state index in [1.165, 1.54) is 24.5 Å². The monoisotopic (exact) mass is 565 g/mol. The Labute approximate surface area is 215 Å². The minimum absolute atomic E-state index is 0.0802. The quantitative estimate of drug-likeness (QED) is 0.268. The van der Waals surface area contributed by atoms with Crippen molar-refractivity contribution in [1.82, 2.24) is 24.9 Å². The molecule has 4 rings (SSSR count). The van der Waals surface area contributed by atoms with Gasteiger partial charge in [0.1, 0.15) is 0 Å². The van der Waals surface area contributed by atoms with Crippen molar-refractivity contribution in [1.29, 1.82) is 0 Å². The number of benzene rings is 1. The number of allylic oxidation sites excluding steroid dienone is 1. The van der Waals surface area contributed by atoms with Gasteiger partial charge in [-0.3, -0.25) is 4.79 Å². The molecule has 1 saturated carbocycles. The highest BCUT2D eigenvalue weighted by Crippen LogP contribution is 2.41. The van der Waals surface area contributed by atoms with Crippen LogP contribution in [0.4, 0.5) is 30.7 Å². The van der Waals surface area contributed by atoms with Crippen molar-refractivity contribution in [3.8, 4) is 22.8 Å². The first kappa shape index (κ1) is 27.5. The highest BCUT2D eigenvalue weighted by molar-refractivity contribution is 6.34. The summed E-state index contributed by atoms with van der Waals surface area (Å²) in [5.41, 5.74) is -0.518. The molecule has 38 heavy (non-hydrogen) atoms. The van der Waals surface area contributed by atoms with Crippen molar-refractivity contribution < 1.29 is 40.3 Å². The number of aromatic nitrogens is 4. The van der Waals surface area contributed by atoms with Crippen LogP contribution in [0.15, 0.2) is 42.7 Å². The zero-order valence-electron chi connectivity index (χ0n) is 19.4. The van der Waals surface area contributed by atoms with Gasteiger partial charge in [0.05, 0.1) is 16.8 Å². The van der Waals surface area contributed by atoms with Crippen LogP contribution in [0.1, 0.15) is 35.2 Å². The predicted molar refractivity (Wildman–Crippen MR) is 122 cm³/mol. The molecular weight excluding hydrogens is 547 g/mol. The molecule has 1 aliphatic rings. The zero-order valence-corrected chi connectivity index (χ0v) is 20.2. The lowest BCUT2D eigenvalue weighted by Gasteiger charge is -2.12. The van der Waals surface area contributed by atoms with E-state index >= 15 is 0 Å². The molecule has 0 radical (unpaired) electrons. The van der Waals surface area contributed by atoms with Crippen LogP contribution in [0.5, 0.6) is 5.88 Å². The molecule has 3 aromatic rings. The fourth-order valence-corrected chi connectivity index (χ4v) is 3.72. The maximum absolute atomic E-state index is 14.1. The van der Waals surface area contributed by atoms with Crippen molar-refractivity contribution in [3.05, 3.63) is 58.9 Å². The summed E-state index contributed by atoms with van der Waals surface area (Å²) in [6.07, 6.45) is -8.92. The molecule has 1 N–H and O–H groups in total. The first-order valence-corrected chi connectivity index (χ1v) is 11.5. The van der Waals surface area contributed by atoms with Crippen molar-refractivity contribution >= 4 is 17.5 Å². The summed E-state index contributed by atoms with van der Waals surface area (Å²) in [6.45, 7) is 0. The van der Waals surface area contributed by atoms with Crippen molar-refractivity contribution in [2.75, 3.05) is 0 Å². The van der Waals surface area contributed by atoms with E-state index in [1.807, 2.05) is 0 Å². The molecule has 2 aromatic heterocycles. The Morgan fingerprint density at radius 3 is 2.58 bits per heavy atom. The maximum Gasteiger partial charge on any atom is 0.425 e. The molecule has 0 saturated heterocycles. The lowest BCUT2D eigenvalue weighted by Crippen LogP contribution is -2.25. The fourth-order valence-electron chi connectivity index (χ4n) is 3.52. The molecule has 15 heteroatoms. The Bertz CT molecular complexity index is 1360. The third-order valence-electron chi connectivity index (χ3n) is 5.39. The Morgan fingerprint density at radius 2 is 1.95 bits per heavy atom. The lowest BCUT2D eigenvalue weighted by molar-refractivity contribution is -0.139. The molecule has 7 nitrogen and oxygen atoms in total. The normalized spacial score (nSPS) is 15.2. The number of hydrogen-bond acceptors (Lipinski definition) is 4. The summed E-state index contributed by atoms with van der Waals surface area (Å²) < 4.78 is 98.8. The van der Waals surface area contributed by atoms with E-state index in [9.17, 15) is 35.5 Å². The van der Waals surface area contributed by atoms with Crippen molar-refractivity contribution in [3.63, 3.8) is 0 Å². The third-order valence-corrected chi connectivity index (χ3v) is 5.72. The smallest absolute Gasteiger partial charge is 0.425 e. The molecule has 1 amide bonds. The molecule has 0 bridgehead atoms. The lowest BCUT2D eigenvalue weighted by atomic mass is 10.1. The van der Waals surface area contributed by atoms with Crippen LogP contribution in [-0.4, -0.2) is 44.0 Å². The van der Waals surface area contributed by atoms with Gasteiger partial charge in [-0.1, -0.05) is 23.7 Å². The van der Waals surface area contributed by atoms with Crippen LogP contribution in [0.3, 0.4) is 0 Å². The van der Waals surface area contributed by atoms with Gasteiger partial charge in [0.25, 0.3) is 5.91 Å². The maximum atomic E-state index is 14.1. The van der Waals surface area contributed by atoms with Crippen molar-refractivity contribution in [2.24, 2.45) is 7.05 Å². The first-order chi connectivity index (χ1) is 17.7. The third kappa shape index (κ3) is 6.47. The van der Waals surface area contributed by atoms with Gasteiger partial charge in [-0.25, -0.2) is 13.8 Å². The molecule has 0 aliphatic heterocycles. The number of nitrogens with zero attached hydrogens (tertiary/aromatic N) is 4. The van der Waals surface area contributed by atoms with E-state index in [1.54, 1.807) is 6.07 Å². The number of alkyl halides is 7. The Hall–Kier alpha value is -3.55. The summed E-state index contributed by atoms with van der Waals surface area (Å²) in [5.74, 6) is -2.17. The minimum atomic E-state index is -5.08. The number of carbonyl (C=O) groups excluding carboxylic acids is 1. The van der Waals surface area contributed by atoms with Gasteiger partial charge in [0, 0.05) is 37.3 Å². The molecular formula is C23H19ClF7N5O2. The average Bonchev–Trinajstić information content (AvgIpc) is 3.35. The minimum Gasteiger partial charge on any atom is -0.441 e. The highest BCUT2D eigenvalue weighted by atomic mass is 35.5. The number of aryl methyl sites for hydroxylation is 1. The topological polar surface area (TPSA) is 74.0 Å². The highest BCUT2D eigenvalue weighted by Gasteiger charge is 2.42. The van der Waals surface area contributed by atoms with Crippen LogP contribution >= 0.6 is 11.6 Å². The van der Waals surface area contributed by atoms with E-state index in [0.717, 1.165) is 29.3 Å². The zero-order chi connectivity index (χ0) is 27.8. The molecule has 1 fully saturated rings. The van der Waals surface area contributed by atoms with Gasteiger partial charge < -0.3 is 10.1 Å². The van der Waals surface area contributed by atoms with E-state index in [2.05, 4.69) is 20.3 Å². The second-order valence-corrected chi connectivity index (χ2v) is 8.86. The van der Waals surface area contributed by atoms with E-state index in [0.29, 0.717) is 17.2 Å². The Kier molecular flexibility index (Phi) is 7.46. The van der Waals surface area contributed by atoms with Gasteiger partial charge in [-0.2, -0.15) is 31.4 Å². The molecule has 0 spiro atoms. The van der Waals surface area contributed by atoms with Crippen LogP contribution in [0, 0.1) is 0 Å². The van der Waals surface area contributed by atoms with Crippen LogP contribution in [-0.2, 0) is 13.2 Å². The summed E-state index contributed by atoms with van der Waals surface area (Å²) in [4.78, 5) is 12.5.